The molecule has 1 amide bonds. The lowest BCUT2D eigenvalue weighted by molar-refractivity contribution is -0.143. The summed E-state index contributed by atoms with van der Waals surface area (Å²) in [5.74, 6) is -0.0317. The average molecular weight is 989 g/mol. The molecule has 0 saturated carbocycles. The van der Waals surface area contributed by atoms with Gasteiger partial charge in [0, 0.05) is 12.8 Å². The van der Waals surface area contributed by atoms with Crippen molar-refractivity contribution in [3.63, 3.8) is 0 Å². The van der Waals surface area contributed by atoms with E-state index in [4.69, 9.17) is 4.74 Å². The van der Waals surface area contributed by atoms with Crippen LogP contribution in [0, 0.1) is 0 Å². The van der Waals surface area contributed by atoms with Gasteiger partial charge in [-0.15, -0.1) is 0 Å². The second-order valence-electron chi connectivity index (χ2n) is 22.1. The van der Waals surface area contributed by atoms with E-state index in [-0.39, 0.29) is 18.5 Å². The Morgan fingerprint density at radius 3 is 1.01 bits per heavy atom. The molecule has 0 aromatic rings. The van der Waals surface area contributed by atoms with E-state index in [1.165, 1.54) is 283 Å². The first-order valence-corrected chi connectivity index (χ1v) is 31.9. The van der Waals surface area contributed by atoms with E-state index in [0.717, 1.165) is 44.9 Å². The van der Waals surface area contributed by atoms with Gasteiger partial charge in [-0.2, -0.15) is 0 Å². The first kappa shape index (κ1) is 68.6. The summed E-state index contributed by atoms with van der Waals surface area (Å²) >= 11 is 0. The molecule has 0 aliphatic carbocycles. The summed E-state index contributed by atoms with van der Waals surface area (Å²) in [7, 11) is 0. The third-order valence-electron chi connectivity index (χ3n) is 15.1. The summed E-state index contributed by atoms with van der Waals surface area (Å²) in [6, 6.07) is -0.544. The highest BCUT2D eigenvalue weighted by atomic mass is 16.5. The SMILES string of the molecule is CCCCCCCCC/C=C\CCCCCCCC(=O)OCCCCCCCCCCCCCCCCCCCCCC(=O)NC(CO)C(O)CCCCCCCCCCCCCCCCCCCC. The van der Waals surface area contributed by atoms with Gasteiger partial charge in [-0.1, -0.05) is 309 Å². The number of aliphatic hydroxyl groups excluding tert-OH is 2. The van der Waals surface area contributed by atoms with Crippen molar-refractivity contribution in [1.82, 2.24) is 5.32 Å². The molecule has 6 heteroatoms. The molecule has 0 aliphatic heterocycles. The van der Waals surface area contributed by atoms with E-state index in [9.17, 15) is 19.8 Å². The maximum absolute atomic E-state index is 12.5. The molecule has 0 fully saturated rings. The van der Waals surface area contributed by atoms with Crippen LogP contribution in [0.1, 0.15) is 361 Å². The normalized spacial score (nSPS) is 12.6. The molecule has 70 heavy (non-hydrogen) atoms. The van der Waals surface area contributed by atoms with Crippen LogP contribution in [-0.2, 0) is 14.3 Å². The maximum atomic E-state index is 12.5. The van der Waals surface area contributed by atoms with E-state index >= 15 is 0 Å². The van der Waals surface area contributed by atoms with Crippen molar-refractivity contribution in [2.75, 3.05) is 13.2 Å². The highest BCUT2D eigenvalue weighted by Gasteiger charge is 2.20. The van der Waals surface area contributed by atoms with Gasteiger partial charge in [-0.3, -0.25) is 9.59 Å². The van der Waals surface area contributed by atoms with Gasteiger partial charge >= 0.3 is 5.97 Å². The van der Waals surface area contributed by atoms with Gasteiger partial charge in [0.1, 0.15) is 0 Å². The Balaban J connectivity index is 3.39. The number of amides is 1. The fourth-order valence-corrected chi connectivity index (χ4v) is 10.2. The van der Waals surface area contributed by atoms with Crippen molar-refractivity contribution in [3.8, 4) is 0 Å². The van der Waals surface area contributed by atoms with Crippen LogP contribution in [0.5, 0.6) is 0 Å². The van der Waals surface area contributed by atoms with Crippen LogP contribution in [0.25, 0.3) is 0 Å². The molecule has 0 heterocycles. The van der Waals surface area contributed by atoms with Crippen molar-refractivity contribution < 1.29 is 24.5 Å². The molecule has 416 valence electrons. The second-order valence-corrected chi connectivity index (χ2v) is 22.1. The fourth-order valence-electron chi connectivity index (χ4n) is 10.2. The highest BCUT2D eigenvalue weighted by molar-refractivity contribution is 5.76. The Labute approximate surface area is 438 Å². The lowest BCUT2D eigenvalue weighted by Gasteiger charge is -2.22. The van der Waals surface area contributed by atoms with E-state index in [2.05, 4.69) is 31.3 Å². The van der Waals surface area contributed by atoms with Gasteiger partial charge in [-0.25, -0.2) is 0 Å². The minimum Gasteiger partial charge on any atom is -0.466 e. The number of ether oxygens (including phenoxy) is 1. The molecule has 0 aliphatic rings. The van der Waals surface area contributed by atoms with Crippen LogP contribution in [0.15, 0.2) is 12.2 Å². The largest absolute Gasteiger partial charge is 0.466 e. The van der Waals surface area contributed by atoms with Crippen molar-refractivity contribution in [2.45, 2.75) is 373 Å². The first-order chi connectivity index (χ1) is 34.5. The van der Waals surface area contributed by atoms with Gasteiger partial charge in [0.05, 0.1) is 25.4 Å². The molecule has 0 aromatic heterocycles. The third-order valence-corrected chi connectivity index (χ3v) is 15.1. The summed E-state index contributed by atoms with van der Waals surface area (Å²) in [5.41, 5.74) is 0. The van der Waals surface area contributed by atoms with Gasteiger partial charge < -0.3 is 20.3 Å². The number of hydrogen-bond acceptors (Lipinski definition) is 5. The number of carbonyl (C=O) groups excluding carboxylic acids is 2. The Morgan fingerprint density at radius 2 is 0.671 bits per heavy atom. The van der Waals surface area contributed by atoms with Crippen LogP contribution in [-0.4, -0.2) is 47.4 Å². The molecule has 2 unspecified atom stereocenters. The zero-order valence-electron chi connectivity index (χ0n) is 47.5. The Hall–Kier alpha value is -1.40. The maximum Gasteiger partial charge on any atom is 0.305 e. The molecule has 0 aromatic carbocycles. The average Bonchev–Trinajstić information content (AvgIpc) is 3.36. The van der Waals surface area contributed by atoms with Crippen molar-refractivity contribution in [2.24, 2.45) is 0 Å². The monoisotopic (exact) mass is 988 g/mol. The summed E-state index contributed by atoms with van der Waals surface area (Å²) in [4.78, 5) is 24.6. The zero-order chi connectivity index (χ0) is 50.7. The number of carbonyl (C=O) groups is 2. The van der Waals surface area contributed by atoms with Gasteiger partial charge in [0.25, 0.3) is 0 Å². The van der Waals surface area contributed by atoms with Crippen LogP contribution >= 0.6 is 0 Å². The third kappa shape index (κ3) is 55.9. The predicted molar refractivity (Wildman–Crippen MR) is 306 cm³/mol. The number of aliphatic hydroxyl groups is 2. The summed E-state index contributed by atoms with van der Waals surface area (Å²) < 4.78 is 5.49. The van der Waals surface area contributed by atoms with Crippen LogP contribution in [0.3, 0.4) is 0 Å². The summed E-state index contributed by atoms with van der Waals surface area (Å²) in [6.07, 6.45) is 72.2. The number of allylic oxidation sites excluding steroid dienone is 2. The fraction of sp³-hybridized carbons (Fsp3) is 0.938. The number of unbranched alkanes of at least 4 members (excludes halogenated alkanes) is 47. The molecule has 3 N–H and O–H groups in total. The molecule has 0 rings (SSSR count). The quantitative estimate of drug-likeness (QED) is 0.0321. The Kier molecular flexibility index (Phi) is 59.0. The molecule has 6 nitrogen and oxygen atoms in total. The van der Waals surface area contributed by atoms with Gasteiger partial charge in [0.2, 0.25) is 5.91 Å². The topological polar surface area (TPSA) is 95.9 Å². The second kappa shape index (κ2) is 60.2. The minimum absolute atomic E-state index is 0.00270. The Morgan fingerprint density at radius 1 is 0.386 bits per heavy atom. The number of rotatable bonds is 60. The highest BCUT2D eigenvalue weighted by Crippen LogP contribution is 2.18. The van der Waals surface area contributed by atoms with E-state index < -0.39 is 12.1 Å². The lowest BCUT2D eigenvalue weighted by atomic mass is 10.0. The van der Waals surface area contributed by atoms with E-state index in [1.54, 1.807) is 0 Å². The molecule has 2 atom stereocenters. The van der Waals surface area contributed by atoms with E-state index in [0.29, 0.717) is 25.9 Å². The van der Waals surface area contributed by atoms with Crippen molar-refractivity contribution in [3.05, 3.63) is 12.2 Å². The van der Waals surface area contributed by atoms with Crippen molar-refractivity contribution >= 4 is 11.9 Å². The van der Waals surface area contributed by atoms with Crippen molar-refractivity contribution in [1.29, 1.82) is 0 Å². The molecular weight excluding hydrogens is 863 g/mol. The van der Waals surface area contributed by atoms with E-state index in [1.807, 2.05) is 0 Å². The number of hydrogen-bond donors (Lipinski definition) is 3. The summed E-state index contributed by atoms with van der Waals surface area (Å²) in [6.45, 7) is 4.97. The Bertz CT molecular complexity index is 1050. The van der Waals surface area contributed by atoms with Gasteiger partial charge in [-0.05, 0) is 51.4 Å². The molecule has 0 bridgehead atoms. The number of nitrogens with one attached hydrogen (secondary N) is 1. The standard InChI is InChI=1S/C64H125NO5/c1-3-5-7-9-11-13-15-17-19-21-25-28-32-36-40-44-48-52-56-62(67)61(60-66)65-63(68)57-53-49-45-41-37-33-29-26-23-22-24-27-31-35-39-43-47-51-55-59-70-64(69)58-54-50-46-42-38-34-30-20-18-16-14-12-10-8-6-4-2/h20,30,61-62,66-67H,3-19,21-29,31-60H2,1-2H3,(H,65,68)/b30-20-. The summed E-state index contributed by atoms with van der Waals surface area (Å²) in [5, 5.41) is 23.3. The zero-order valence-corrected chi connectivity index (χ0v) is 47.5. The molecule has 0 saturated heterocycles. The lowest BCUT2D eigenvalue weighted by Crippen LogP contribution is -2.45. The predicted octanol–water partition coefficient (Wildman–Crippen LogP) is 20.0. The first-order valence-electron chi connectivity index (χ1n) is 31.9. The smallest absolute Gasteiger partial charge is 0.305 e. The molecular formula is C64H125NO5. The molecule has 0 spiro atoms. The van der Waals surface area contributed by atoms with Crippen LogP contribution in [0.4, 0.5) is 0 Å². The van der Waals surface area contributed by atoms with Gasteiger partial charge in [0.15, 0.2) is 0 Å². The molecule has 0 radical (unpaired) electrons. The van der Waals surface area contributed by atoms with Crippen LogP contribution in [0.2, 0.25) is 0 Å². The number of esters is 1. The van der Waals surface area contributed by atoms with Crippen LogP contribution < -0.4 is 5.32 Å². The minimum atomic E-state index is -0.666.